The molecule has 1 aliphatic carbocycles. The summed E-state index contributed by atoms with van der Waals surface area (Å²) in [4.78, 5) is 41.9. The minimum Gasteiger partial charge on any atom is -0.370 e. The molecule has 2 aliphatic rings. The lowest BCUT2D eigenvalue weighted by Gasteiger charge is -2.30. The van der Waals surface area contributed by atoms with Crippen LogP contribution in [0.15, 0.2) is 39.9 Å². The van der Waals surface area contributed by atoms with Crippen LogP contribution in [-0.4, -0.2) is 20.6 Å². The van der Waals surface area contributed by atoms with Gasteiger partial charge in [-0.1, -0.05) is 37.5 Å². The summed E-state index contributed by atoms with van der Waals surface area (Å²) in [6.07, 6.45) is 5.38. The van der Waals surface area contributed by atoms with Gasteiger partial charge in [-0.25, -0.2) is 4.79 Å². The van der Waals surface area contributed by atoms with Gasteiger partial charge >= 0.3 is 5.69 Å². The molecule has 1 aliphatic heterocycles. The Labute approximate surface area is 196 Å². The van der Waals surface area contributed by atoms with Gasteiger partial charge in [0, 0.05) is 23.0 Å². The first kappa shape index (κ1) is 22.1. The third-order valence-electron chi connectivity index (χ3n) is 6.68. The Morgan fingerprint density at radius 1 is 1.15 bits per heavy atom. The van der Waals surface area contributed by atoms with Crippen LogP contribution < -0.4 is 16.6 Å². The van der Waals surface area contributed by atoms with Crippen LogP contribution in [0.4, 0.5) is 5.69 Å². The third-order valence-corrected chi connectivity index (χ3v) is 7.91. The molecule has 0 atom stereocenters. The smallest absolute Gasteiger partial charge is 0.332 e. The number of para-hydroxylation sites is 1. The number of thiophene rings is 1. The molecular formula is C25H29N3O4S. The number of ether oxygens (including phenoxy) is 1. The van der Waals surface area contributed by atoms with E-state index in [1.54, 1.807) is 0 Å². The monoisotopic (exact) mass is 467 g/mol. The van der Waals surface area contributed by atoms with Crippen molar-refractivity contribution in [2.45, 2.75) is 77.2 Å². The predicted molar refractivity (Wildman–Crippen MR) is 130 cm³/mol. The Kier molecular flexibility index (Phi) is 5.74. The van der Waals surface area contributed by atoms with Gasteiger partial charge in [0.15, 0.2) is 0 Å². The van der Waals surface area contributed by atoms with Gasteiger partial charge in [-0.15, -0.1) is 11.3 Å². The number of nitrogens with one attached hydrogen (secondary N) is 1. The number of nitrogens with zero attached hydrogens (tertiary/aromatic N) is 2. The van der Waals surface area contributed by atoms with E-state index in [9.17, 15) is 14.4 Å². The zero-order valence-corrected chi connectivity index (χ0v) is 19.9. The van der Waals surface area contributed by atoms with E-state index in [-0.39, 0.29) is 35.3 Å². The van der Waals surface area contributed by atoms with Gasteiger partial charge in [-0.2, -0.15) is 0 Å². The fourth-order valence-corrected chi connectivity index (χ4v) is 6.25. The van der Waals surface area contributed by atoms with Crippen LogP contribution >= 0.6 is 11.3 Å². The molecule has 3 aromatic rings. The standard InChI is InChI=1S/C25H29N3O4S/c1-25(2)13-18-19(15-32-25)33-23-21(18)22(30)28(17-11-7-4-8-12-17)24(31)27(23)14-20(29)26-16-9-5-3-6-10-16/h3,5-6,9-10,17H,4,7-8,11-15H2,1-2H3,(H,26,29). The maximum Gasteiger partial charge on any atom is 0.332 e. The van der Waals surface area contributed by atoms with Crippen molar-refractivity contribution in [2.24, 2.45) is 0 Å². The molecule has 1 amide bonds. The molecule has 1 saturated carbocycles. The second-order valence-corrected chi connectivity index (χ2v) is 10.7. The largest absolute Gasteiger partial charge is 0.370 e. The lowest BCUT2D eigenvalue weighted by atomic mass is 9.93. The first-order valence-electron chi connectivity index (χ1n) is 11.6. The van der Waals surface area contributed by atoms with E-state index < -0.39 is 0 Å². The van der Waals surface area contributed by atoms with Crippen molar-refractivity contribution in [3.63, 3.8) is 0 Å². The summed E-state index contributed by atoms with van der Waals surface area (Å²) in [7, 11) is 0. The first-order chi connectivity index (χ1) is 15.8. The van der Waals surface area contributed by atoms with E-state index in [0.29, 0.717) is 28.9 Å². The summed E-state index contributed by atoms with van der Waals surface area (Å²) in [5.41, 5.74) is 0.665. The van der Waals surface area contributed by atoms with E-state index in [1.807, 2.05) is 44.2 Å². The molecule has 1 aromatic carbocycles. The van der Waals surface area contributed by atoms with Crippen LogP contribution in [0.25, 0.3) is 10.2 Å². The Bertz CT molecular complexity index is 1310. The van der Waals surface area contributed by atoms with E-state index in [0.717, 1.165) is 42.5 Å². The first-order valence-corrected chi connectivity index (χ1v) is 12.4. The molecular weight excluding hydrogens is 438 g/mol. The molecule has 0 spiro atoms. The molecule has 8 heteroatoms. The lowest BCUT2D eigenvalue weighted by Crippen LogP contribution is -2.44. The molecule has 0 radical (unpaired) electrons. The van der Waals surface area contributed by atoms with Crippen LogP contribution in [0, 0.1) is 0 Å². The number of rotatable bonds is 4. The number of anilines is 1. The topological polar surface area (TPSA) is 82.3 Å². The number of carbonyl (C=O) groups is 1. The Morgan fingerprint density at radius 3 is 2.61 bits per heavy atom. The average Bonchev–Trinajstić information content (AvgIpc) is 3.16. The van der Waals surface area contributed by atoms with Crippen molar-refractivity contribution in [3.8, 4) is 0 Å². The van der Waals surface area contributed by atoms with Crippen molar-refractivity contribution < 1.29 is 9.53 Å². The Balaban J connectivity index is 1.65. The maximum atomic E-state index is 13.7. The van der Waals surface area contributed by atoms with Gasteiger partial charge in [0.1, 0.15) is 11.4 Å². The van der Waals surface area contributed by atoms with E-state index in [4.69, 9.17) is 4.74 Å². The van der Waals surface area contributed by atoms with Gasteiger partial charge in [-0.3, -0.25) is 18.7 Å². The summed E-state index contributed by atoms with van der Waals surface area (Å²) < 4.78 is 8.91. The third kappa shape index (κ3) is 4.17. The van der Waals surface area contributed by atoms with Crippen molar-refractivity contribution in [3.05, 3.63) is 61.6 Å². The molecule has 174 valence electrons. The fourth-order valence-electron chi connectivity index (χ4n) is 5.04. The highest BCUT2D eigenvalue weighted by Gasteiger charge is 2.33. The average molecular weight is 468 g/mol. The number of hydrogen-bond donors (Lipinski definition) is 1. The normalized spacial score (nSPS) is 18.2. The molecule has 1 fully saturated rings. The van der Waals surface area contributed by atoms with Crippen LogP contribution in [0.1, 0.15) is 62.4 Å². The summed E-state index contributed by atoms with van der Waals surface area (Å²) in [6.45, 7) is 4.31. The predicted octanol–water partition coefficient (Wildman–Crippen LogP) is 4.22. The van der Waals surface area contributed by atoms with E-state index in [2.05, 4.69) is 5.32 Å². The minimum atomic E-state index is -0.388. The van der Waals surface area contributed by atoms with Gasteiger partial charge in [-0.05, 0) is 44.4 Å². The molecule has 33 heavy (non-hydrogen) atoms. The second kappa shape index (κ2) is 8.57. The molecule has 7 nitrogen and oxygen atoms in total. The van der Waals surface area contributed by atoms with E-state index in [1.165, 1.54) is 20.5 Å². The number of aromatic nitrogens is 2. The molecule has 3 heterocycles. The number of fused-ring (bicyclic) bond motifs is 3. The molecule has 0 bridgehead atoms. The molecule has 0 unspecified atom stereocenters. The van der Waals surface area contributed by atoms with Crippen LogP contribution in [0.5, 0.6) is 0 Å². The van der Waals surface area contributed by atoms with Gasteiger partial charge in [0.2, 0.25) is 5.91 Å². The van der Waals surface area contributed by atoms with Crippen molar-refractivity contribution in [2.75, 3.05) is 5.32 Å². The zero-order valence-electron chi connectivity index (χ0n) is 19.1. The highest BCUT2D eigenvalue weighted by Crippen LogP contribution is 2.37. The molecule has 1 N–H and O–H groups in total. The zero-order chi connectivity index (χ0) is 23.2. The minimum absolute atomic E-state index is 0.116. The second-order valence-electron chi connectivity index (χ2n) is 9.66. The summed E-state index contributed by atoms with van der Waals surface area (Å²) >= 11 is 1.40. The number of benzene rings is 1. The number of amides is 1. The van der Waals surface area contributed by atoms with Crippen molar-refractivity contribution in [1.82, 2.24) is 9.13 Å². The van der Waals surface area contributed by atoms with E-state index >= 15 is 0 Å². The van der Waals surface area contributed by atoms with Gasteiger partial charge in [0.05, 0.1) is 17.6 Å². The fraction of sp³-hybridized carbons (Fsp3) is 0.480. The van der Waals surface area contributed by atoms with Gasteiger partial charge in [0.25, 0.3) is 5.56 Å². The maximum absolute atomic E-state index is 13.7. The highest BCUT2D eigenvalue weighted by molar-refractivity contribution is 7.18. The van der Waals surface area contributed by atoms with Crippen LogP contribution in [0.2, 0.25) is 0 Å². The number of hydrogen-bond acceptors (Lipinski definition) is 5. The van der Waals surface area contributed by atoms with Crippen LogP contribution in [0.3, 0.4) is 0 Å². The summed E-state index contributed by atoms with van der Waals surface area (Å²) in [5, 5.41) is 3.45. The summed E-state index contributed by atoms with van der Waals surface area (Å²) in [5.74, 6) is -0.290. The highest BCUT2D eigenvalue weighted by atomic mass is 32.1. The molecule has 0 saturated heterocycles. The quantitative estimate of drug-likeness (QED) is 0.623. The Hall–Kier alpha value is -2.71. The Morgan fingerprint density at radius 2 is 1.88 bits per heavy atom. The van der Waals surface area contributed by atoms with Crippen molar-refractivity contribution >= 4 is 33.1 Å². The molecule has 5 rings (SSSR count). The molecule has 2 aromatic heterocycles. The van der Waals surface area contributed by atoms with Gasteiger partial charge < -0.3 is 10.1 Å². The SMILES string of the molecule is CC1(C)Cc2c(sc3c2c(=O)n(C2CCCCC2)c(=O)n3CC(=O)Nc2ccccc2)CO1. The summed E-state index contributed by atoms with van der Waals surface area (Å²) in [6, 6.07) is 9.07. The lowest BCUT2D eigenvalue weighted by molar-refractivity contribution is -0.116. The van der Waals surface area contributed by atoms with Crippen LogP contribution in [-0.2, 0) is 29.1 Å². The van der Waals surface area contributed by atoms with Crippen molar-refractivity contribution in [1.29, 1.82) is 0 Å². The number of carbonyl (C=O) groups excluding carboxylic acids is 1.